The molecule has 0 bridgehead atoms. The van der Waals surface area contributed by atoms with Crippen molar-refractivity contribution in [1.29, 1.82) is 0 Å². The largest absolute Gasteiger partial charge is 0.480 e. The second-order valence-corrected chi connectivity index (χ2v) is 5.51. The van der Waals surface area contributed by atoms with E-state index in [1.54, 1.807) is 0 Å². The molecule has 0 aliphatic rings. The smallest absolute Gasteiger partial charge is 0.326 e. The highest BCUT2D eigenvalue weighted by Crippen LogP contribution is 2.13. The summed E-state index contributed by atoms with van der Waals surface area (Å²) in [7, 11) is 0. The lowest BCUT2D eigenvalue weighted by Gasteiger charge is -2.14. The summed E-state index contributed by atoms with van der Waals surface area (Å²) in [5.41, 5.74) is 1.30. The summed E-state index contributed by atoms with van der Waals surface area (Å²) in [5, 5.41) is 11.8. The number of rotatable bonds is 7. The van der Waals surface area contributed by atoms with Gasteiger partial charge in [-0.15, -0.1) is 0 Å². The highest BCUT2D eigenvalue weighted by atomic mass is 16.5. The minimum absolute atomic E-state index is 0.288. The van der Waals surface area contributed by atoms with Gasteiger partial charge >= 0.3 is 11.9 Å². The molecular formula is C19H19NO5. The second kappa shape index (κ2) is 8.63. The molecule has 1 atom stereocenters. The van der Waals surface area contributed by atoms with Crippen molar-refractivity contribution < 1.29 is 24.2 Å². The predicted octanol–water partition coefficient (Wildman–Crippen LogP) is 2.43. The fourth-order valence-electron chi connectivity index (χ4n) is 2.29. The van der Waals surface area contributed by atoms with Crippen molar-refractivity contribution in [3.05, 3.63) is 65.7 Å². The maximum Gasteiger partial charge on any atom is 0.326 e. The van der Waals surface area contributed by atoms with Gasteiger partial charge in [0.2, 0.25) is 0 Å². The highest BCUT2D eigenvalue weighted by molar-refractivity contribution is 5.96. The van der Waals surface area contributed by atoms with Crippen LogP contribution in [-0.2, 0) is 16.0 Å². The first-order chi connectivity index (χ1) is 12.0. The van der Waals surface area contributed by atoms with Crippen molar-refractivity contribution in [3.8, 4) is 5.75 Å². The molecule has 0 spiro atoms. The van der Waals surface area contributed by atoms with Crippen LogP contribution in [0.3, 0.4) is 0 Å². The average molecular weight is 341 g/mol. The van der Waals surface area contributed by atoms with E-state index >= 15 is 0 Å². The Hall–Kier alpha value is -3.15. The number of hydrogen-bond donors (Lipinski definition) is 2. The molecule has 2 aromatic carbocycles. The van der Waals surface area contributed by atoms with E-state index < -0.39 is 23.9 Å². The topological polar surface area (TPSA) is 92.7 Å². The summed E-state index contributed by atoms with van der Waals surface area (Å²) in [5.74, 6) is -1.71. The molecule has 2 aromatic rings. The van der Waals surface area contributed by atoms with Crippen LogP contribution in [0.5, 0.6) is 5.75 Å². The molecule has 0 unspecified atom stereocenters. The number of carboxylic acids is 1. The lowest BCUT2D eigenvalue weighted by molar-refractivity contribution is -0.139. The van der Waals surface area contributed by atoms with Gasteiger partial charge in [0.1, 0.15) is 11.8 Å². The van der Waals surface area contributed by atoms with Gasteiger partial charge in [0.15, 0.2) is 0 Å². The summed E-state index contributed by atoms with van der Waals surface area (Å²) in [4.78, 5) is 34.5. The molecule has 2 N–H and O–H groups in total. The monoisotopic (exact) mass is 341 g/mol. The van der Waals surface area contributed by atoms with Crippen LogP contribution < -0.4 is 10.1 Å². The molecule has 130 valence electrons. The van der Waals surface area contributed by atoms with Gasteiger partial charge in [0, 0.05) is 12.5 Å². The molecular weight excluding hydrogens is 322 g/mol. The van der Waals surface area contributed by atoms with E-state index in [9.17, 15) is 19.5 Å². The minimum Gasteiger partial charge on any atom is -0.480 e. The summed E-state index contributed by atoms with van der Waals surface area (Å²) < 4.78 is 4.89. The SMILES string of the molecule is CC(=O)Oc1ccc(C(=O)N[C@@H](CCc2ccccc2)C(=O)O)cc1. The molecule has 0 heterocycles. The quantitative estimate of drug-likeness (QED) is 0.596. The molecule has 0 aliphatic heterocycles. The fraction of sp³-hybridized carbons (Fsp3) is 0.211. The number of amides is 1. The van der Waals surface area contributed by atoms with E-state index in [4.69, 9.17) is 4.74 Å². The van der Waals surface area contributed by atoms with Gasteiger partial charge in [-0.05, 0) is 42.7 Å². The number of benzene rings is 2. The van der Waals surface area contributed by atoms with E-state index in [0.29, 0.717) is 17.7 Å². The number of hydrogen-bond acceptors (Lipinski definition) is 4. The van der Waals surface area contributed by atoms with Crippen LogP contribution in [0.15, 0.2) is 54.6 Å². The van der Waals surface area contributed by atoms with Gasteiger partial charge in [-0.25, -0.2) is 4.79 Å². The number of aliphatic carboxylic acids is 1. The van der Waals surface area contributed by atoms with Gasteiger partial charge < -0.3 is 15.2 Å². The Morgan fingerprint density at radius 2 is 1.68 bits per heavy atom. The van der Waals surface area contributed by atoms with Gasteiger partial charge in [-0.3, -0.25) is 9.59 Å². The fourth-order valence-corrected chi connectivity index (χ4v) is 2.29. The minimum atomic E-state index is -1.08. The third-order valence-corrected chi connectivity index (χ3v) is 3.55. The van der Waals surface area contributed by atoms with Crippen LogP contribution in [0.25, 0.3) is 0 Å². The van der Waals surface area contributed by atoms with E-state index in [-0.39, 0.29) is 6.42 Å². The summed E-state index contributed by atoms with van der Waals surface area (Å²) in [6, 6.07) is 14.4. The van der Waals surface area contributed by atoms with E-state index in [0.717, 1.165) is 5.56 Å². The Labute approximate surface area is 145 Å². The first-order valence-corrected chi connectivity index (χ1v) is 7.82. The van der Waals surface area contributed by atoms with Crippen LogP contribution >= 0.6 is 0 Å². The number of nitrogens with one attached hydrogen (secondary N) is 1. The third kappa shape index (κ3) is 5.76. The van der Waals surface area contributed by atoms with Crippen LogP contribution in [0.1, 0.15) is 29.3 Å². The molecule has 2 rings (SSSR count). The molecule has 0 aromatic heterocycles. The van der Waals surface area contributed by atoms with Crippen LogP contribution in [0, 0.1) is 0 Å². The van der Waals surface area contributed by atoms with Gasteiger partial charge in [0.05, 0.1) is 0 Å². The second-order valence-electron chi connectivity index (χ2n) is 5.51. The van der Waals surface area contributed by atoms with Crippen LogP contribution in [-0.4, -0.2) is 29.0 Å². The normalized spacial score (nSPS) is 11.4. The lowest BCUT2D eigenvalue weighted by Crippen LogP contribution is -2.41. The number of carbonyl (C=O) groups is 3. The Bertz CT molecular complexity index is 740. The lowest BCUT2D eigenvalue weighted by atomic mass is 10.0. The zero-order valence-electron chi connectivity index (χ0n) is 13.8. The van der Waals surface area contributed by atoms with Crippen molar-refractivity contribution in [2.45, 2.75) is 25.8 Å². The molecule has 6 nitrogen and oxygen atoms in total. The van der Waals surface area contributed by atoms with Gasteiger partial charge in [-0.1, -0.05) is 30.3 Å². The summed E-state index contributed by atoms with van der Waals surface area (Å²) in [6.07, 6.45) is 0.833. The zero-order valence-corrected chi connectivity index (χ0v) is 13.8. The Kier molecular flexibility index (Phi) is 6.28. The molecule has 0 aliphatic carbocycles. The van der Waals surface area contributed by atoms with Crippen molar-refractivity contribution >= 4 is 17.8 Å². The number of ether oxygens (including phenoxy) is 1. The first-order valence-electron chi connectivity index (χ1n) is 7.82. The highest BCUT2D eigenvalue weighted by Gasteiger charge is 2.20. The molecule has 1 amide bonds. The van der Waals surface area contributed by atoms with Crippen molar-refractivity contribution in [3.63, 3.8) is 0 Å². The van der Waals surface area contributed by atoms with E-state index in [2.05, 4.69) is 5.32 Å². The molecule has 0 radical (unpaired) electrons. The standard InChI is InChI=1S/C19H19NO5/c1-13(21)25-16-10-8-15(9-11-16)18(22)20-17(19(23)24)12-7-14-5-3-2-4-6-14/h2-6,8-11,17H,7,12H2,1H3,(H,20,22)(H,23,24)/t17-/m0/s1. The Morgan fingerprint density at radius 3 is 2.24 bits per heavy atom. The van der Waals surface area contributed by atoms with E-state index in [1.165, 1.54) is 31.2 Å². The van der Waals surface area contributed by atoms with Crippen molar-refractivity contribution in [1.82, 2.24) is 5.32 Å². The van der Waals surface area contributed by atoms with Crippen molar-refractivity contribution in [2.24, 2.45) is 0 Å². The summed E-state index contributed by atoms with van der Waals surface area (Å²) in [6.45, 7) is 1.28. The molecule has 0 saturated heterocycles. The third-order valence-electron chi connectivity index (χ3n) is 3.55. The maximum atomic E-state index is 12.2. The number of esters is 1. The molecule has 0 fully saturated rings. The molecule has 6 heteroatoms. The Morgan fingerprint density at radius 1 is 1.04 bits per heavy atom. The van der Waals surface area contributed by atoms with Crippen LogP contribution in [0.2, 0.25) is 0 Å². The van der Waals surface area contributed by atoms with Gasteiger partial charge in [-0.2, -0.15) is 0 Å². The number of aryl methyl sites for hydroxylation is 1. The first kappa shape index (κ1) is 18.2. The molecule has 25 heavy (non-hydrogen) atoms. The maximum absolute atomic E-state index is 12.2. The van der Waals surface area contributed by atoms with E-state index in [1.807, 2.05) is 30.3 Å². The predicted molar refractivity (Wildman–Crippen MR) is 91.4 cm³/mol. The number of carbonyl (C=O) groups excluding carboxylic acids is 2. The average Bonchev–Trinajstić information content (AvgIpc) is 2.59. The van der Waals surface area contributed by atoms with Crippen LogP contribution in [0.4, 0.5) is 0 Å². The Balaban J connectivity index is 1.97. The number of carboxylic acid groups (broad SMARTS) is 1. The zero-order chi connectivity index (χ0) is 18.2. The molecule has 0 saturated carbocycles. The van der Waals surface area contributed by atoms with Gasteiger partial charge in [0.25, 0.3) is 5.91 Å². The van der Waals surface area contributed by atoms with Crippen molar-refractivity contribution in [2.75, 3.05) is 0 Å². The summed E-state index contributed by atoms with van der Waals surface area (Å²) >= 11 is 0.